The van der Waals surface area contributed by atoms with Crippen molar-refractivity contribution in [3.63, 3.8) is 0 Å². The second-order valence-corrected chi connectivity index (χ2v) is 9.22. The van der Waals surface area contributed by atoms with Gasteiger partial charge in [-0.3, -0.25) is 9.59 Å². The molecule has 0 spiro atoms. The Morgan fingerprint density at radius 3 is 2.76 bits per heavy atom. The number of aryl methyl sites for hydroxylation is 2. The van der Waals surface area contributed by atoms with Crippen LogP contribution in [0.25, 0.3) is 0 Å². The molecule has 4 rings (SSSR count). The third-order valence-corrected chi connectivity index (χ3v) is 7.45. The van der Waals surface area contributed by atoms with Crippen LogP contribution in [0.4, 0.5) is 11.4 Å². The minimum atomic E-state index is -3.82. The molecule has 0 radical (unpaired) electrons. The summed E-state index contributed by atoms with van der Waals surface area (Å²) in [5, 5.41) is 6.49. The summed E-state index contributed by atoms with van der Waals surface area (Å²) in [6.07, 6.45) is 1.12. The summed E-state index contributed by atoms with van der Waals surface area (Å²) in [4.78, 5) is 26.8. The van der Waals surface area contributed by atoms with Gasteiger partial charge in [-0.2, -0.15) is 4.31 Å². The van der Waals surface area contributed by atoms with E-state index >= 15 is 0 Å². The van der Waals surface area contributed by atoms with Crippen molar-refractivity contribution in [2.24, 2.45) is 5.92 Å². The maximum absolute atomic E-state index is 13.2. The number of para-hydroxylation sites is 2. The molecule has 154 valence electrons. The molecule has 2 amide bonds. The van der Waals surface area contributed by atoms with Gasteiger partial charge in [0.05, 0.1) is 17.3 Å². The summed E-state index contributed by atoms with van der Waals surface area (Å²) in [5.41, 5.74) is 1.51. The van der Waals surface area contributed by atoms with Crippen LogP contribution in [0.3, 0.4) is 0 Å². The number of piperidine rings is 1. The lowest BCUT2D eigenvalue weighted by Gasteiger charge is -2.36. The van der Waals surface area contributed by atoms with Crippen LogP contribution in [0, 0.1) is 19.8 Å². The number of hydrogen-bond donors (Lipinski definition) is 1. The first-order chi connectivity index (χ1) is 13.8. The van der Waals surface area contributed by atoms with Gasteiger partial charge in [0.2, 0.25) is 21.8 Å². The van der Waals surface area contributed by atoms with E-state index in [9.17, 15) is 18.0 Å². The fourth-order valence-corrected chi connectivity index (χ4v) is 5.80. The van der Waals surface area contributed by atoms with E-state index in [4.69, 9.17) is 4.52 Å². The molecule has 2 aliphatic rings. The highest BCUT2D eigenvalue weighted by molar-refractivity contribution is 7.89. The second kappa shape index (κ2) is 7.27. The average molecular weight is 418 g/mol. The molecule has 1 saturated heterocycles. The summed E-state index contributed by atoms with van der Waals surface area (Å²) in [7, 11) is -3.82. The van der Waals surface area contributed by atoms with Crippen LogP contribution in [-0.2, 0) is 19.6 Å². The van der Waals surface area contributed by atoms with E-state index in [0.717, 1.165) is 0 Å². The third-order valence-electron chi connectivity index (χ3n) is 5.34. The fourth-order valence-electron chi connectivity index (χ4n) is 3.98. The molecule has 0 aliphatic carbocycles. The average Bonchev–Trinajstić information content (AvgIpc) is 3.05. The van der Waals surface area contributed by atoms with Gasteiger partial charge >= 0.3 is 0 Å². The molecule has 1 aromatic heterocycles. The Morgan fingerprint density at radius 1 is 1.28 bits per heavy atom. The molecule has 1 fully saturated rings. The summed E-state index contributed by atoms with van der Waals surface area (Å²) >= 11 is 0. The maximum Gasteiger partial charge on any atom is 0.248 e. The van der Waals surface area contributed by atoms with Crippen LogP contribution in [0.1, 0.15) is 24.3 Å². The van der Waals surface area contributed by atoms with Crippen LogP contribution >= 0.6 is 0 Å². The summed E-state index contributed by atoms with van der Waals surface area (Å²) in [6.45, 7) is 3.45. The monoisotopic (exact) mass is 418 g/mol. The first kappa shape index (κ1) is 19.6. The normalized spacial score (nSPS) is 20.3. The Bertz CT molecular complexity index is 1060. The zero-order chi connectivity index (χ0) is 20.8. The topological polar surface area (TPSA) is 113 Å². The molecule has 1 N–H and O–H groups in total. The summed E-state index contributed by atoms with van der Waals surface area (Å²) in [6, 6.07) is 7.09. The van der Waals surface area contributed by atoms with Gasteiger partial charge in [-0.1, -0.05) is 17.3 Å². The number of carbonyl (C=O) groups excluding carboxylic acids is 2. The van der Waals surface area contributed by atoms with Crippen LogP contribution < -0.4 is 10.2 Å². The molecule has 0 bridgehead atoms. The van der Waals surface area contributed by atoms with Gasteiger partial charge in [0.15, 0.2) is 5.76 Å². The van der Waals surface area contributed by atoms with E-state index in [1.165, 1.54) is 9.21 Å². The molecule has 10 heteroatoms. The number of aromatic nitrogens is 1. The number of hydrogen-bond acceptors (Lipinski definition) is 6. The lowest BCUT2D eigenvalue weighted by Crippen LogP contribution is -2.50. The van der Waals surface area contributed by atoms with Gasteiger partial charge in [0.25, 0.3) is 0 Å². The lowest BCUT2D eigenvalue weighted by molar-refractivity contribution is -0.125. The molecule has 9 nitrogen and oxygen atoms in total. The van der Waals surface area contributed by atoms with Gasteiger partial charge in [0, 0.05) is 13.1 Å². The number of benzene rings is 1. The first-order valence-corrected chi connectivity index (χ1v) is 10.9. The van der Waals surface area contributed by atoms with Gasteiger partial charge in [-0.15, -0.1) is 0 Å². The van der Waals surface area contributed by atoms with Crippen LogP contribution in [0.2, 0.25) is 0 Å². The lowest BCUT2D eigenvalue weighted by atomic mass is 9.97. The fraction of sp³-hybridized carbons (Fsp3) is 0.421. The second-order valence-electron chi connectivity index (χ2n) is 7.35. The molecule has 2 aliphatic heterocycles. The van der Waals surface area contributed by atoms with E-state index < -0.39 is 15.9 Å². The van der Waals surface area contributed by atoms with E-state index in [-0.39, 0.29) is 35.6 Å². The maximum atomic E-state index is 13.2. The Morgan fingerprint density at radius 2 is 2.03 bits per heavy atom. The number of sulfonamides is 1. The molecule has 0 saturated carbocycles. The molecule has 2 aromatic rings. The Kier molecular flexibility index (Phi) is 4.91. The number of rotatable bonds is 3. The van der Waals surface area contributed by atoms with Crippen molar-refractivity contribution >= 4 is 33.2 Å². The molecule has 1 atom stereocenters. The van der Waals surface area contributed by atoms with Crippen LogP contribution in [0.5, 0.6) is 0 Å². The standard InChI is InChI=1S/C19H22N4O5S/c1-12-18(13(2)28-21-12)29(26,27)22-9-5-6-14(10-22)19(25)23-11-17(24)20-15-7-3-4-8-16(15)23/h3-4,7-8,14H,5-6,9-11H2,1-2H3,(H,20,24). The SMILES string of the molecule is Cc1noc(C)c1S(=O)(=O)N1CCCC(C(=O)N2CC(=O)Nc3ccccc32)C1. The van der Waals surface area contributed by atoms with Gasteiger partial charge < -0.3 is 14.7 Å². The van der Waals surface area contributed by atoms with Gasteiger partial charge in [-0.05, 0) is 38.8 Å². The molecule has 3 heterocycles. The van der Waals surface area contributed by atoms with Crippen molar-refractivity contribution in [3.05, 3.63) is 35.7 Å². The molecular weight excluding hydrogens is 396 g/mol. The van der Waals surface area contributed by atoms with E-state index in [1.54, 1.807) is 38.1 Å². The largest absolute Gasteiger partial charge is 0.360 e. The molecule has 1 aromatic carbocycles. The minimum absolute atomic E-state index is 0.0610. The van der Waals surface area contributed by atoms with E-state index in [1.807, 2.05) is 0 Å². The zero-order valence-electron chi connectivity index (χ0n) is 16.2. The Labute approximate surface area is 168 Å². The van der Waals surface area contributed by atoms with Gasteiger partial charge in [0.1, 0.15) is 17.1 Å². The summed E-state index contributed by atoms with van der Waals surface area (Å²) < 4.78 is 32.6. The Balaban J connectivity index is 1.59. The molecule has 29 heavy (non-hydrogen) atoms. The van der Waals surface area contributed by atoms with Crippen molar-refractivity contribution in [1.82, 2.24) is 9.46 Å². The van der Waals surface area contributed by atoms with Crippen LogP contribution in [0.15, 0.2) is 33.7 Å². The van der Waals surface area contributed by atoms with E-state index in [0.29, 0.717) is 36.5 Å². The van der Waals surface area contributed by atoms with Crippen molar-refractivity contribution < 1.29 is 22.5 Å². The Hall–Kier alpha value is -2.72. The number of nitrogens with zero attached hydrogens (tertiary/aromatic N) is 3. The van der Waals surface area contributed by atoms with Crippen molar-refractivity contribution in [3.8, 4) is 0 Å². The number of amides is 2. The third kappa shape index (κ3) is 3.42. The number of nitrogens with one attached hydrogen (secondary N) is 1. The summed E-state index contributed by atoms with van der Waals surface area (Å²) in [5.74, 6) is -0.811. The molecule has 1 unspecified atom stereocenters. The highest BCUT2D eigenvalue weighted by Crippen LogP contribution is 2.33. The predicted molar refractivity (Wildman–Crippen MR) is 105 cm³/mol. The highest BCUT2D eigenvalue weighted by Gasteiger charge is 2.39. The van der Waals surface area contributed by atoms with E-state index in [2.05, 4.69) is 10.5 Å². The van der Waals surface area contributed by atoms with Crippen LogP contribution in [-0.4, -0.2) is 49.3 Å². The van der Waals surface area contributed by atoms with Crippen molar-refractivity contribution in [1.29, 1.82) is 0 Å². The minimum Gasteiger partial charge on any atom is -0.360 e. The molecular formula is C19H22N4O5S. The zero-order valence-corrected chi connectivity index (χ0v) is 17.0. The van der Waals surface area contributed by atoms with Crippen molar-refractivity contribution in [2.45, 2.75) is 31.6 Å². The van der Waals surface area contributed by atoms with Gasteiger partial charge in [-0.25, -0.2) is 8.42 Å². The van der Waals surface area contributed by atoms with Crippen molar-refractivity contribution in [2.75, 3.05) is 29.9 Å². The highest BCUT2D eigenvalue weighted by atomic mass is 32.2. The number of carbonyl (C=O) groups is 2. The first-order valence-electron chi connectivity index (χ1n) is 9.42. The quantitative estimate of drug-likeness (QED) is 0.811. The number of fused-ring (bicyclic) bond motifs is 1. The smallest absolute Gasteiger partial charge is 0.248 e. The predicted octanol–water partition coefficient (Wildman–Crippen LogP) is 1.68. The number of anilines is 2.